The highest BCUT2D eigenvalue weighted by molar-refractivity contribution is 7.45. The predicted molar refractivity (Wildman–Crippen MR) is 50.6 cm³/mol. The maximum Gasteiger partial charge on any atom is 0.466 e. The second-order valence-corrected chi connectivity index (χ2v) is 3.34. The van der Waals surface area contributed by atoms with Crippen LogP contribution in [0, 0.1) is 0 Å². The van der Waals surface area contributed by atoms with E-state index in [0.29, 0.717) is 12.0 Å². The van der Waals surface area contributed by atoms with Crippen molar-refractivity contribution >= 4 is 13.8 Å². The molecule has 0 saturated carbocycles. The molecule has 0 aromatic heterocycles. The minimum atomic E-state index is -4.64. The van der Waals surface area contributed by atoms with Crippen LogP contribution in [0.15, 0.2) is 11.6 Å². The highest BCUT2D eigenvalue weighted by atomic mass is 31.2. The monoisotopic (exact) mass is 226 g/mol. The molecule has 0 aromatic rings. The Balaban J connectivity index is 0. The first kappa shape index (κ1) is 15.8. The third-order valence-electron chi connectivity index (χ3n) is 1.11. The zero-order valence-electron chi connectivity index (χ0n) is 8.04. The summed E-state index contributed by atoms with van der Waals surface area (Å²) in [7, 11) is -4.64. The van der Waals surface area contributed by atoms with Crippen molar-refractivity contribution < 1.29 is 29.1 Å². The van der Waals surface area contributed by atoms with E-state index in [1.54, 1.807) is 6.08 Å². The number of aliphatic carboxylic acids is 1. The standard InChI is InChI=1S/C7H12O2.H3O4P/c1-3-5-6(4-2)7(8)9;1-5(2,3)4/h5H,3-4H2,1-2H3,(H,8,9);(H3,1,2,3,4). The van der Waals surface area contributed by atoms with Gasteiger partial charge in [-0.3, -0.25) is 0 Å². The first-order chi connectivity index (χ1) is 6.22. The third-order valence-corrected chi connectivity index (χ3v) is 1.11. The molecule has 0 saturated heterocycles. The van der Waals surface area contributed by atoms with Crippen molar-refractivity contribution in [3.8, 4) is 0 Å². The molecule has 0 aliphatic rings. The molecule has 84 valence electrons. The minimum absolute atomic E-state index is 0.512. The van der Waals surface area contributed by atoms with Gasteiger partial charge in [0, 0.05) is 5.57 Å². The lowest BCUT2D eigenvalue weighted by Crippen LogP contribution is -1.98. The van der Waals surface area contributed by atoms with E-state index in [4.69, 9.17) is 24.4 Å². The van der Waals surface area contributed by atoms with Crippen LogP contribution in [0.4, 0.5) is 0 Å². The van der Waals surface area contributed by atoms with E-state index in [1.807, 2.05) is 13.8 Å². The van der Waals surface area contributed by atoms with Crippen molar-refractivity contribution in [2.45, 2.75) is 26.7 Å². The molecule has 0 radical (unpaired) electrons. The summed E-state index contributed by atoms with van der Waals surface area (Å²) in [6.07, 6.45) is 3.15. The summed E-state index contributed by atoms with van der Waals surface area (Å²) < 4.78 is 8.88. The number of allylic oxidation sites excluding steroid dienone is 1. The molecule has 0 rings (SSSR count). The summed E-state index contributed by atoms with van der Waals surface area (Å²) >= 11 is 0. The van der Waals surface area contributed by atoms with E-state index in [1.165, 1.54) is 0 Å². The lowest BCUT2D eigenvalue weighted by molar-refractivity contribution is -0.132. The minimum Gasteiger partial charge on any atom is -0.478 e. The van der Waals surface area contributed by atoms with Crippen molar-refractivity contribution in [3.63, 3.8) is 0 Å². The Morgan fingerprint density at radius 1 is 1.29 bits per heavy atom. The second kappa shape index (κ2) is 7.70. The van der Waals surface area contributed by atoms with Crippen molar-refractivity contribution in [1.82, 2.24) is 0 Å². The van der Waals surface area contributed by atoms with Gasteiger partial charge in [0.15, 0.2) is 0 Å². The van der Waals surface area contributed by atoms with E-state index in [9.17, 15) is 4.79 Å². The number of carboxylic acids is 1. The first-order valence-electron chi connectivity index (χ1n) is 3.92. The van der Waals surface area contributed by atoms with Gasteiger partial charge >= 0.3 is 13.8 Å². The van der Waals surface area contributed by atoms with Crippen molar-refractivity contribution in [3.05, 3.63) is 11.6 Å². The van der Waals surface area contributed by atoms with Gasteiger partial charge < -0.3 is 19.8 Å². The van der Waals surface area contributed by atoms with Crippen LogP contribution in [0.3, 0.4) is 0 Å². The summed E-state index contributed by atoms with van der Waals surface area (Å²) in [5.74, 6) is -0.792. The fourth-order valence-corrected chi connectivity index (χ4v) is 0.629. The topological polar surface area (TPSA) is 115 Å². The average Bonchev–Trinajstić information content (AvgIpc) is 1.96. The quantitative estimate of drug-likeness (QED) is 0.419. The zero-order valence-corrected chi connectivity index (χ0v) is 8.94. The number of hydrogen-bond donors (Lipinski definition) is 4. The predicted octanol–water partition coefficient (Wildman–Crippen LogP) is 0.889. The first-order valence-corrected chi connectivity index (χ1v) is 5.49. The van der Waals surface area contributed by atoms with Crippen LogP contribution < -0.4 is 0 Å². The van der Waals surface area contributed by atoms with E-state index >= 15 is 0 Å². The van der Waals surface area contributed by atoms with Crippen LogP contribution in [-0.4, -0.2) is 25.8 Å². The molecule has 0 aliphatic heterocycles. The SMILES string of the molecule is CCC=C(CC)C(=O)O.O=P(O)(O)O. The van der Waals surface area contributed by atoms with Gasteiger partial charge in [0.2, 0.25) is 0 Å². The van der Waals surface area contributed by atoms with Crippen molar-refractivity contribution in [2.75, 3.05) is 0 Å². The maximum absolute atomic E-state index is 10.3. The molecule has 0 amide bonds. The van der Waals surface area contributed by atoms with Crippen LogP contribution in [0.2, 0.25) is 0 Å². The fourth-order valence-electron chi connectivity index (χ4n) is 0.629. The highest BCUT2D eigenvalue weighted by Crippen LogP contribution is 2.25. The van der Waals surface area contributed by atoms with E-state index in [0.717, 1.165) is 6.42 Å². The average molecular weight is 226 g/mol. The van der Waals surface area contributed by atoms with Gasteiger partial charge in [-0.05, 0) is 12.8 Å². The van der Waals surface area contributed by atoms with Gasteiger partial charge in [0.05, 0.1) is 0 Å². The lowest BCUT2D eigenvalue weighted by Gasteiger charge is -1.93. The summed E-state index contributed by atoms with van der Waals surface area (Å²) in [6, 6.07) is 0. The van der Waals surface area contributed by atoms with Crippen LogP contribution >= 0.6 is 7.82 Å². The number of hydrogen-bond acceptors (Lipinski definition) is 2. The Hall–Kier alpha value is -0.680. The molecule has 0 unspecified atom stereocenters. The zero-order chi connectivity index (χ0) is 11.8. The van der Waals surface area contributed by atoms with Crippen LogP contribution in [-0.2, 0) is 9.36 Å². The van der Waals surface area contributed by atoms with Crippen molar-refractivity contribution in [2.24, 2.45) is 0 Å². The third kappa shape index (κ3) is 17.4. The number of carbonyl (C=O) groups is 1. The molecular weight excluding hydrogens is 211 g/mol. The van der Waals surface area contributed by atoms with Gasteiger partial charge in [-0.2, -0.15) is 0 Å². The molecular formula is C7H15O6P. The molecule has 0 aromatic carbocycles. The normalized spacial score (nSPS) is 11.6. The molecule has 0 spiro atoms. The number of carboxylic acid groups (broad SMARTS) is 1. The lowest BCUT2D eigenvalue weighted by atomic mass is 10.2. The van der Waals surface area contributed by atoms with Crippen molar-refractivity contribution in [1.29, 1.82) is 0 Å². The summed E-state index contributed by atoms with van der Waals surface area (Å²) in [5, 5.41) is 8.44. The highest BCUT2D eigenvalue weighted by Gasteiger charge is 2.00. The Morgan fingerprint density at radius 3 is 1.71 bits per heavy atom. The maximum atomic E-state index is 10.3. The summed E-state index contributed by atoms with van der Waals surface area (Å²) in [6.45, 7) is 3.77. The van der Waals surface area contributed by atoms with E-state index in [-0.39, 0.29) is 0 Å². The molecule has 6 nitrogen and oxygen atoms in total. The largest absolute Gasteiger partial charge is 0.478 e. The smallest absolute Gasteiger partial charge is 0.466 e. The molecule has 0 fully saturated rings. The van der Waals surface area contributed by atoms with Gasteiger partial charge in [0.25, 0.3) is 0 Å². The summed E-state index contributed by atoms with van der Waals surface area (Å²) in [5.41, 5.74) is 0.512. The van der Waals surface area contributed by atoms with Crippen LogP contribution in [0.1, 0.15) is 26.7 Å². The van der Waals surface area contributed by atoms with Gasteiger partial charge in [-0.25, -0.2) is 9.36 Å². The molecule has 0 aliphatic carbocycles. The van der Waals surface area contributed by atoms with Crippen LogP contribution in [0.5, 0.6) is 0 Å². The Morgan fingerprint density at radius 2 is 1.64 bits per heavy atom. The molecule has 0 atom stereocenters. The molecule has 4 N–H and O–H groups in total. The number of rotatable bonds is 3. The molecule has 0 bridgehead atoms. The van der Waals surface area contributed by atoms with E-state index < -0.39 is 13.8 Å². The Labute approximate surface area is 82.1 Å². The van der Waals surface area contributed by atoms with E-state index in [2.05, 4.69) is 0 Å². The fraction of sp³-hybridized carbons (Fsp3) is 0.571. The van der Waals surface area contributed by atoms with Gasteiger partial charge in [0.1, 0.15) is 0 Å². The second-order valence-electron chi connectivity index (χ2n) is 2.31. The molecule has 0 heterocycles. The molecule has 7 heteroatoms. The Kier molecular flexibility index (Phi) is 8.68. The van der Waals surface area contributed by atoms with Crippen LogP contribution in [0.25, 0.3) is 0 Å². The number of phosphoric acid groups is 1. The summed E-state index contributed by atoms with van der Waals surface area (Å²) in [4.78, 5) is 31.8. The van der Waals surface area contributed by atoms with Gasteiger partial charge in [-0.15, -0.1) is 0 Å². The Bertz CT molecular complexity index is 232. The van der Waals surface area contributed by atoms with Gasteiger partial charge in [-0.1, -0.05) is 19.9 Å². The molecule has 14 heavy (non-hydrogen) atoms.